The second-order valence-corrected chi connectivity index (χ2v) is 5.19. The van der Waals surface area contributed by atoms with Gasteiger partial charge in [-0.05, 0) is 43.3 Å². The number of carbonyl (C=O) groups excluding carboxylic acids is 2. The quantitative estimate of drug-likeness (QED) is 0.648. The molecular formula is C17H17N3O4. The lowest BCUT2D eigenvalue weighted by atomic mass is 10.1. The fraction of sp³-hybridized carbons (Fsp3) is 0.176. The van der Waals surface area contributed by atoms with E-state index < -0.39 is 4.92 Å². The molecule has 0 aliphatic rings. The maximum absolute atomic E-state index is 12.2. The zero-order chi connectivity index (χ0) is 17.7. The molecule has 0 aliphatic heterocycles. The Bertz CT molecular complexity index is 785. The first-order valence-corrected chi connectivity index (χ1v) is 7.37. The number of benzene rings is 2. The summed E-state index contributed by atoms with van der Waals surface area (Å²) in [7, 11) is 0. The lowest BCUT2D eigenvalue weighted by Gasteiger charge is -2.08. The van der Waals surface area contributed by atoms with Gasteiger partial charge in [0, 0.05) is 35.0 Å². The van der Waals surface area contributed by atoms with Crippen LogP contribution in [-0.2, 0) is 4.79 Å². The Hall–Kier alpha value is -3.22. The largest absolute Gasteiger partial charge is 0.326 e. The fourth-order valence-corrected chi connectivity index (χ4v) is 2.09. The van der Waals surface area contributed by atoms with Gasteiger partial charge in [0.1, 0.15) is 0 Å². The molecule has 0 bridgehead atoms. The van der Waals surface area contributed by atoms with Gasteiger partial charge < -0.3 is 10.6 Å². The van der Waals surface area contributed by atoms with Crippen LogP contribution in [0.4, 0.5) is 17.1 Å². The molecule has 7 nitrogen and oxygen atoms in total. The zero-order valence-corrected chi connectivity index (χ0v) is 13.3. The number of aryl methyl sites for hydroxylation is 1. The number of hydrogen-bond donors (Lipinski definition) is 2. The van der Waals surface area contributed by atoms with Gasteiger partial charge in [-0.25, -0.2) is 0 Å². The Morgan fingerprint density at radius 2 is 1.62 bits per heavy atom. The van der Waals surface area contributed by atoms with Gasteiger partial charge in [0.15, 0.2) is 0 Å². The molecule has 2 aromatic carbocycles. The molecular weight excluding hydrogens is 310 g/mol. The molecule has 0 atom stereocenters. The molecule has 2 aromatic rings. The molecule has 0 saturated carbocycles. The van der Waals surface area contributed by atoms with Crippen LogP contribution in [0.2, 0.25) is 0 Å². The van der Waals surface area contributed by atoms with Crippen molar-refractivity contribution in [1.82, 2.24) is 0 Å². The summed E-state index contributed by atoms with van der Waals surface area (Å²) < 4.78 is 0. The van der Waals surface area contributed by atoms with E-state index in [1.165, 1.54) is 18.2 Å². The number of nitro groups is 1. The maximum atomic E-state index is 12.2. The van der Waals surface area contributed by atoms with Crippen molar-refractivity contribution in [2.45, 2.75) is 20.3 Å². The molecule has 24 heavy (non-hydrogen) atoms. The van der Waals surface area contributed by atoms with E-state index in [9.17, 15) is 19.7 Å². The predicted molar refractivity (Wildman–Crippen MR) is 91.1 cm³/mol. The van der Waals surface area contributed by atoms with Gasteiger partial charge in [0.2, 0.25) is 5.91 Å². The SMILES string of the molecule is CCC(=O)Nc1ccc(NC(=O)c2ccc([N+](=O)[O-])c(C)c2)cc1. The van der Waals surface area contributed by atoms with Crippen molar-refractivity contribution in [2.24, 2.45) is 0 Å². The first-order valence-electron chi connectivity index (χ1n) is 7.37. The molecule has 0 heterocycles. The lowest BCUT2D eigenvalue weighted by molar-refractivity contribution is -0.385. The van der Waals surface area contributed by atoms with E-state index in [0.29, 0.717) is 28.9 Å². The van der Waals surface area contributed by atoms with E-state index in [1.54, 1.807) is 38.1 Å². The van der Waals surface area contributed by atoms with E-state index in [2.05, 4.69) is 10.6 Å². The smallest absolute Gasteiger partial charge is 0.272 e. The summed E-state index contributed by atoms with van der Waals surface area (Å²) in [4.78, 5) is 33.8. The molecule has 0 fully saturated rings. The van der Waals surface area contributed by atoms with Gasteiger partial charge in [-0.3, -0.25) is 19.7 Å². The minimum Gasteiger partial charge on any atom is -0.326 e. The molecule has 0 spiro atoms. The van der Waals surface area contributed by atoms with Crippen LogP contribution >= 0.6 is 0 Å². The summed E-state index contributed by atoms with van der Waals surface area (Å²) >= 11 is 0. The number of nitrogens with zero attached hydrogens (tertiary/aromatic N) is 1. The second-order valence-electron chi connectivity index (χ2n) is 5.19. The molecule has 2 amide bonds. The number of rotatable bonds is 5. The third kappa shape index (κ3) is 4.16. The molecule has 2 rings (SSSR count). The van der Waals surface area contributed by atoms with Crippen LogP contribution in [0.3, 0.4) is 0 Å². The third-order valence-electron chi connectivity index (χ3n) is 3.40. The summed E-state index contributed by atoms with van der Waals surface area (Å²) in [5.74, 6) is -0.452. The first-order chi connectivity index (χ1) is 11.4. The number of amides is 2. The number of carbonyl (C=O) groups is 2. The van der Waals surface area contributed by atoms with E-state index in [0.717, 1.165) is 0 Å². The molecule has 2 N–H and O–H groups in total. The third-order valence-corrected chi connectivity index (χ3v) is 3.40. The van der Waals surface area contributed by atoms with Crippen molar-refractivity contribution in [3.63, 3.8) is 0 Å². The van der Waals surface area contributed by atoms with Crippen LogP contribution in [-0.4, -0.2) is 16.7 Å². The molecule has 0 radical (unpaired) electrons. The molecule has 0 aromatic heterocycles. The van der Waals surface area contributed by atoms with Gasteiger partial charge in [-0.15, -0.1) is 0 Å². The Kier molecular flexibility index (Phi) is 5.26. The summed E-state index contributed by atoms with van der Waals surface area (Å²) in [5, 5.41) is 16.2. The van der Waals surface area contributed by atoms with E-state index in [1.807, 2.05) is 0 Å². The average molecular weight is 327 g/mol. The first kappa shape index (κ1) is 17.1. The highest BCUT2D eigenvalue weighted by molar-refractivity contribution is 6.04. The molecule has 0 aliphatic carbocycles. The normalized spacial score (nSPS) is 10.1. The fourth-order valence-electron chi connectivity index (χ4n) is 2.09. The summed E-state index contributed by atoms with van der Waals surface area (Å²) in [6.07, 6.45) is 0.387. The summed E-state index contributed by atoms with van der Waals surface area (Å²) in [6, 6.07) is 10.9. The van der Waals surface area contributed by atoms with Crippen molar-refractivity contribution >= 4 is 28.9 Å². The molecule has 124 valence electrons. The highest BCUT2D eigenvalue weighted by Gasteiger charge is 2.14. The van der Waals surface area contributed by atoms with Crippen LogP contribution in [0.25, 0.3) is 0 Å². The minimum absolute atomic E-state index is 0.0254. The van der Waals surface area contributed by atoms with Gasteiger partial charge in [0.05, 0.1) is 4.92 Å². The number of nitro benzene ring substituents is 1. The summed E-state index contributed by atoms with van der Waals surface area (Å²) in [5.41, 5.74) is 1.94. The van der Waals surface area contributed by atoms with E-state index >= 15 is 0 Å². The topological polar surface area (TPSA) is 101 Å². The van der Waals surface area contributed by atoms with Crippen LogP contribution in [0.15, 0.2) is 42.5 Å². The van der Waals surface area contributed by atoms with Gasteiger partial charge in [-0.2, -0.15) is 0 Å². The molecule has 7 heteroatoms. The number of nitrogens with one attached hydrogen (secondary N) is 2. The summed E-state index contributed by atoms with van der Waals surface area (Å²) in [6.45, 7) is 3.34. The molecule has 0 unspecified atom stereocenters. The van der Waals surface area contributed by atoms with Crippen LogP contribution in [0.5, 0.6) is 0 Å². The van der Waals surface area contributed by atoms with Gasteiger partial charge in [0.25, 0.3) is 11.6 Å². The highest BCUT2D eigenvalue weighted by atomic mass is 16.6. The van der Waals surface area contributed by atoms with Crippen molar-refractivity contribution < 1.29 is 14.5 Å². The average Bonchev–Trinajstić information content (AvgIpc) is 2.56. The molecule has 0 saturated heterocycles. The zero-order valence-electron chi connectivity index (χ0n) is 13.3. The lowest BCUT2D eigenvalue weighted by Crippen LogP contribution is -2.13. The highest BCUT2D eigenvalue weighted by Crippen LogP contribution is 2.20. The van der Waals surface area contributed by atoms with Crippen LogP contribution in [0.1, 0.15) is 29.3 Å². The van der Waals surface area contributed by atoms with Crippen molar-refractivity contribution in [3.05, 3.63) is 63.7 Å². The van der Waals surface area contributed by atoms with Gasteiger partial charge >= 0.3 is 0 Å². The number of hydrogen-bond acceptors (Lipinski definition) is 4. The van der Waals surface area contributed by atoms with Gasteiger partial charge in [-0.1, -0.05) is 6.92 Å². The Morgan fingerprint density at radius 1 is 1.04 bits per heavy atom. The van der Waals surface area contributed by atoms with Crippen molar-refractivity contribution in [3.8, 4) is 0 Å². The Morgan fingerprint density at radius 3 is 2.12 bits per heavy atom. The maximum Gasteiger partial charge on any atom is 0.272 e. The minimum atomic E-state index is -0.486. The number of anilines is 2. The van der Waals surface area contributed by atoms with Crippen molar-refractivity contribution in [1.29, 1.82) is 0 Å². The monoisotopic (exact) mass is 327 g/mol. The van der Waals surface area contributed by atoms with Crippen LogP contribution in [0, 0.1) is 17.0 Å². The predicted octanol–water partition coefficient (Wildman–Crippen LogP) is 3.50. The Labute approximate surface area is 138 Å². The van der Waals surface area contributed by atoms with E-state index in [-0.39, 0.29) is 17.5 Å². The standard InChI is InChI=1S/C17H17N3O4/c1-3-16(21)18-13-5-7-14(8-6-13)19-17(22)12-4-9-15(20(23)24)11(2)10-12/h4-10H,3H2,1-2H3,(H,18,21)(H,19,22). The second kappa shape index (κ2) is 7.36. The van der Waals surface area contributed by atoms with E-state index in [4.69, 9.17) is 0 Å². The van der Waals surface area contributed by atoms with Crippen molar-refractivity contribution in [2.75, 3.05) is 10.6 Å². The Balaban J connectivity index is 2.08. The van der Waals surface area contributed by atoms with Crippen LogP contribution < -0.4 is 10.6 Å².